The van der Waals surface area contributed by atoms with E-state index < -0.39 is 19.0 Å². The molecule has 2 fully saturated rings. The molecule has 1 N–H and O–H groups in total. The van der Waals surface area contributed by atoms with Gasteiger partial charge in [-0.2, -0.15) is 10.5 Å². The standard InChI is InChI=1S/C22H21FN6.C11H7ClN4.C11H15FN2.CH3F/c23-18-5-3-4-17(14-18)16-28-10-12-29(13-11-28)22-26-9-7-21(27-22)19(15-24)20-6-1-2-8-25-20;12-11-15-6-4-10(16-11)8(7-13)9-3-1-2-5-14-9;12-11-3-1-2-10(8-11)9-14-6-4-13-5-7-14;1-2/h1-9,14,19H,10-13,16H2;1-6,8H;1-3,8,13H,4-7,9H2;1H3/i;;;1D. The Morgan fingerprint density at radius 1 is 0.639 bits per heavy atom. The van der Waals surface area contributed by atoms with Crippen molar-refractivity contribution in [1.29, 1.82) is 10.5 Å². The molecule has 0 amide bonds. The van der Waals surface area contributed by atoms with Crippen molar-refractivity contribution in [2.24, 2.45) is 0 Å². The van der Waals surface area contributed by atoms with Crippen LogP contribution in [0.4, 0.5) is 19.1 Å². The number of aromatic nitrogens is 6. The third-order valence-electron chi connectivity index (χ3n) is 9.58. The number of nitrogens with zero attached hydrogens (tertiary/aromatic N) is 11. The fraction of sp³-hybridized carbons (Fsp3) is 0.289. The fourth-order valence-electron chi connectivity index (χ4n) is 6.61. The lowest BCUT2D eigenvalue weighted by Crippen LogP contribution is -2.46. The monoisotopic (exact) mass is 847 g/mol. The summed E-state index contributed by atoms with van der Waals surface area (Å²) in [6, 6.07) is 32.4. The number of anilines is 1. The number of hydrogen-bond donors (Lipinski definition) is 1. The molecular formula is C45H46ClF3N12. The van der Waals surface area contributed by atoms with Gasteiger partial charge in [-0.3, -0.25) is 24.2 Å². The number of nitriles is 2. The van der Waals surface area contributed by atoms with E-state index in [-0.39, 0.29) is 16.9 Å². The lowest BCUT2D eigenvalue weighted by Gasteiger charge is -2.34. The average molecular weight is 848 g/mol. The molecule has 0 spiro atoms. The zero-order valence-electron chi connectivity index (χ0n) is 34.4. The molecule has 0 bridgehead atoms. The third kappa shape index (κ3) is 14.4. The zero-order valence-corrected chi connectivity index (χ0v) is 34.2. The van der Waals surface area contributed by atoms with Gasteiger partial charge in [0.2, 0.25) is 11.2 Å². The Morgan fingerprint density at radius 3 is 1.62 bits per heavy atom. The normalized spacial score (nSPS) is 15.0. The first-order chi connectivity index (χ1) is 30.3. The summed E-state index contributed by atoms with van der Waals surface area (Å²) in [5, 5.41) is 22.2. The quantitative estimate of drug-likeness (QED) is 0.150. The summed E-state index contributed by atoms with van der Waals surface area (Å²) >= 11 is 5.68. The van der Waals surface area contributed by atoms with Crippen LogP contribution in [0, 0.1) is 34.3 Å². The van der Waals surface area contributed by atoms with Gasteiger partial charge in [-0.1, -0.05) is 36.4 Å². The summed E-state index contributed by atoms with van der Waals surface area (Å²) in [7, 11) is -1.00. The lowest BCUT2D eigenvalue weighted by molar-refractivity contribution is 0.233. The third-order valence-corrected chi connectivity index (χ3v) is 9.77. The second-order valence-corrected chi connectivity index (χ2v) is 14.1. The first-order valence-corrected chi connectivity index (χ1v) is 19.8. The Labute approximate surface area is 360 Å². The van der Waals surface area contributed by atoms with Crippen LogP contribution in [0.1, 0.15) is 47.1 Å². The number of hydrogen-bond acceptors (Lipinski definition) is 12. The van der Waals surface area contributed by atoms with Crippen LogP contribution in [-0.4, -0.2) is 99.2 Å². The summed E-state index contributed by atoms with van der Waals surface area (Å²) in [5.41, 5.74) is 4.58. The molecule has 16 heteroatoms. The highest BCUT2D eigenvalue weighted by atomic mass is 35.5. The minimum atomic E-state index is -1.00. The second kappa shape index (κ2) is 24.7. The van der Waals surface area contributed by atoms with Crippen molar-refractivity contribution >= 4 is 17.5 Å². The molecule has 61 heavy (non-hydrogen) atoms. The summed E-state index contributed by atoms with van der Waals surface area (Å²) in [5.74, 6) is -0.748. The molecule has 2 aliphatic rings. The van der Waals surface area contributed by atoms with Gasteiger partial charge >= 0.3 is 0 Å². The van der Waals surface area contributed by atoms with E-state index in [1.165, 1.54) is 18.3 Å². The zero-order chi connectivity index (χ0) is 43.9. The van der Waals surface area contributed by atoms with Gasteiger partial charge in [0, 0.05) is 90.2 Å². The number of halogens is 4. The Kier molecular flexibility index (Phi) is 17.9. The van der Waals surface area contributed by atoms with E-state index in [4.69, 9.17) is 18.2 Å². The molecule has 2 aliphatic heterocycles. The predicted molar refractivity (Wildman–Crippen MR) is 228 cm³/mol. The van der Waals surface area contributed by atoms with Crippen LogP contribution in [0.2, 0.25) is 5.28 Å². The maximum atomic E-state index is 13.4. The average Bonchev–Trinajstić information content (AvgIpc) is 3.29. The minimum absolute atomic E-state index is 0.133. The van der Waals surface area contributed by atoms with Crippen LogP contribution in [0.3, 0.4) is 0 Å². The molecule has 0 radical (unpaired) electrons. The molecule has 2 unspecified atom stereocenters. The smallest absolute Gasteiger partial charge is 0.225 e. The fourth-order valence-corrected chi connectivity index (χ4v) is 6.76. The van der Waals surface area contributed by atoms with Crippen LogP contribution in [0.15, 0.2) is 122 Å². The number of piperazine rings is 2. The topological polar surface area (TPSA) is 147 Å². The molecule has 12 nitrogen and oxygen atoms in total. The Balaban J connectivity index is 0.000000185. The van der Waals surface area contributed by atoms with Crippen molar-refractivity contribution in [3.63, 3.8) is 0 Å². The van der Waals surface area contributed by atoms with Gasteiger partial charge in [-0.05, 0) is 83.4 Å². The molecule has 2 saturated heterocycles. The maximum Gasteiger partial charge on any atom is 0.225 e. The number of alkyl halides is 1. The van der Waals surface area contributed by atoms with E-state index in [0.717, 1.165) is 76.6 Å². The van der Waals surface area contributed by atoms with Crippen LogP contribution in [0.5, 0.6) is 0 Å². The minimum Gasteiger partial charge on any atom is -0.338 e. The van der Waals surface area contributed by atoms with Gasteiger partial charge in [0.15, 0.2) is 0 Å². The van der Waals surface area contributed by atoms with Crippen molar-refractivity contribution in [2.45, 2.75) is 24.9 Å². The van der Waals surface area contributed by atoms with Gasteiger partial charge < -0.3 is 10.2 Å². The van der Waals surface area contributed by atoms with Crippen LogP contribution < -0.4 is 10.2 Å². The number of nitrogens with one attached hydrogen (secondary N) is 1. The van der Waals surface area contributed by atoms with E-state index in [2.05, 4.69) is 62.1 Å². The van der Waals surface area contributed by atoms with E-state index in [1.54, 1.807) is 67.1 Å². The van der Waals surface area contributed by atoms with E-state index >= 15 is 0 Å². The molecule has 8 rings (SSSR count). The Bertz CT molecular complexity index is 2320. The van der Waals surface area contributed by atoms with E-state index in [0.29, 0.717) is 28.7 Å². The van der Waals surface area contributed by atoms with Gasteiger partial charge in [0.05, 0.1) is 43.4 Å². The summed E-state index contributed by atoms with van der Waals surface area (Å²) in [6.45, 7) is 9.00. The van der Waals surface area contributed by atoms with E-state index in [9.17, 15) is 18.4 Å². The van der Waals surface area contributed by atoms with Crippen molar-refractivity contribution in [3.05, 3.63) is 173 Å². The van der Waals surface area contributed by atoms with Crippen LogP contribution in [-0.2, 0) is 13.1 Å². The van der Waals surface area contributed by atoms with Crippen molar-refractivity contribution in [3.8, 4) is 12.1 Å². The van der Waals surface area contributed by atoms with Gasteiger partial charge in [-0.25, -0.2) is 28.7 Å². The van der Waals surface area contributed by atoms with Crippen molar-refractivity contribution in [2.75, 3.05) is 64.4 Å². The molecule has 314 valence electrons. The van der Waals surface area contributed by atoms with Gasteiger partial charge in [0.25, 0.3) is 0 Å². The molecular weight excluding hydrogens is 801 g/mol. The number of pyridine rings is 2. The van der Waals surface area contributed by atoms with Crippen molar-refractivity contribution in [1.82, 2.24) is 45.0 Å². The number of benzene rings is 2. The van der Waals surface area contributed by atoms with Crippen LogP contribution in [0.25, 0.3) is 0 Å². The Hall–Kier alpha value is -6.36. The van der Waals surface area contributed by atoms with E-state index in [1.807, 2.05) is 36.4 Å². The van der Waals surface area contributed by atoms with Gasteiger partial charge in [0.1, 0.15) is 23.5 Å². The first kappa shape index (κ1) is 44.2. The van der Waals surface area contributed by atoms with Gasteiger partial charge in [-0.15, -0.1) is 0 Å². The lowest BCUT2D eigenvalue weighted by atomic mass is 10.0. The van der Waals surface area contributed by atoms with Crippen molar-refractivity contribution < 1.29 is 14.5 Å². The Morgan fingerprint density at radius 2 is 1.15 bits per heavy atom. The molecule has 0 aliphatic carbocycles. The number of rotatable bonds is 9. The molecule has 2 aromatic carbocycles. The second-order valence-electron chi connectivity index (χ2n) is 13.7. The molecule has 6 aromatic rings. The highest BCUT2D eigenvalue weighted by Gasteiger charge is 2.22. The molecule has 2 atom stereocenters. The highest BCUT2D eigenvalue weighted by Crippen LogP contribution is 2.23. The predicted octanol–water partition coefficient (Wildman–Crippen LogP) is 6.99. The first-order valence-electron chi connectivity index (χ1n) is 20.2. The molecule has 6 heterocycles. The van der Waals surface area contributed by atoms with Crippen LogP contribution >= 0.6 is 11.6 Å². The summed E-state index contributed by atoms with van der Waals surface area (Å²) < 4.78 is 41.8. The molecule has 0 saturated carbocycles. The summed E-state index contributed by atoms with van der Waals surface area (Å²) in [4.78, 5) is 32.0. The largest absolute Gasteiger partial charge is 0.338 e. The summed E-state index contributed by atoms with van der Waals surface area (Å²) in [6.07, 6.45) is 6.55. The maximum absolute atomic E-state index is 13.4. The SMILES string of the molecule is Fc1cccc(CN2CCNCC2)c1.N#CC(c1ccccn1)c1ccnc(Cl)n1.N#CC(c1ccccn1)c1ccnc(N2CCN(Cc3cccc(F)c3)CC2)n1.[2H]CF. The molecule has 4 aromatic heterocycles. The highest BCUT2D eigenvalue weighted by molar-refractivity contribution is 6.28.